The van der Waals surface area contributed by atoms with Crippen LogP contribution in [0.2, 0.25) is 0 Å². The average Bonchev–Trinajstić information content (AvgIpc) is 2.77. The third kappa shape index (κ3) is 2.55. The Bertz CT molecular complexity index is 608. The zero-order valence-corrected chi connectivity index (χ0v) is 12.5. The lowest BCUT2D eigenvalue weighted by atomic mass is 10.1. The minimum atomic E-state index is -3.41. The quantitative estimate of drug-likeness (QED) is 0.922. The summed E-state index contributed by atoms with van der Waals surface area (Å²) in [6.45, 7) is 3.26. The molecule has 7 heteroatoms. The molecule has 0 aliphatic carbocycles. The Morgan fingerprint density at radius 1 is 1.37 bits per heavy atom. The fourth-order valence-corrected chi connectivity index (χ4v) is 4.91. The van der Waals surface area contributed by atoms with Gasteiger partial charge >= 0.3 is 0 Å². The van der Waals surface area contributed by atoms with Crippen molar-refractivity contribution in [1.29, 1.82) is 5.26 Å². The van der Waals surface area contributed by atoms with Gasteiger partial charge in [-0.2, -0.15) is 5.26 Å². The van der Waals surface area contributed by atoms with Crippen LogP contribution in [0.25, 0.3) is 0 Å². The predicted molar refractivity (Wildman–Crippen MR) is 77.2 cm³/mol. The summed E-state index contributed by atoms with van der Waals surface area (Å²) in [7, 11) is -3.41. The Balaban J connectivity index is 2.57. The van der Waals surface area contributed by atoms with E-state index in [4.69, 9.17) is 11.0 Å². The van der Waals surface area contributed by atoms with Gasteiger partial charge in [-0.1, -0.05) is 6.92 Å². The highest BCUT2D eigenvalue weighted by Gasteiger charge is 2.29. The number of nitrogens with two attached hydrogens (primary N) is 1. The van der Waals surface area contributed by atoms with E-state index in [0.717, 1.165) is 25.9 Å². The molecule has 1 aromatic rings. The van der Waals surface area contributed by atoms with Crippen LogP contribution in [0, 0.1) is 11.3 Å². The van der Waals surface area contributed by atoms with Crippen molar-refractivity contribution in [3.63, 3.8) is 0 Å². The molecule has 0 saturated carbocycles. The molecule has 5 nitrogen and oxygen atoms in total. The molecule has 104 valence electrons. The molecule has 2 rings (SSSR count). The first-order chi connectivity index (χ1) is 9.01. The number of anilines is 2. The number of sulfone groups is 1. The molecule has 0 radical (unpaired) electrons. The van der Waals surface area contributed by atoms with E-state index in [1.54, 1.807) is 6.92 Å². The van der Waals surface area contributed by atoms with Crippen LogP contribution in [-0.4, -0.2) is 27.3 Å². The van der Waals surface area contributed by atoms with Gasteiger partial charge in [-0.25, -0.2) is 8.42 Å². The predicted octanol–water partition coefficient (Wildman–Crippen LogP) is 1.99. The monoisotopic (exact) mass is 299 g/mol. The minimum absolute atomic E-state index is 0.000355. The fourth-order valence-electron chi connectivity index (χ4n) is 2.25. The second-order valence-electron chi connectivity index (χ2n) is 4.54. The molecule has 1 aromatic heterocycles. The Labute approximate surface area is 117 Å². The van der Waals surface area contributed by atoms with Gasteiger partial charge in [0.05, 0.1) is 11.4 Å². The molecule has 0 amide bonds. The van der Waals surface area contributed by atoms with Gasteiger partial charge in [0.15, 0.2) is 9.84 Å². The van der Waals surface area contributed by atoms with Crippen LogP contribution in [0.5, 0.6) is 0 Å². The minimum Gasteiger partial charge on any atom is -0.396 e. The summed E-state index contributed by atoms with van der Waals surface area (Å²) in [6, 6.07) is 1.99. The van der Waals surface area contributed by atoms with Gasteiger partial charge in [0, 0.05) is 13.1 Å². The summed E-state index contributed by atoms with van der Waals surface area (Å²) in [5, 5.41) is 9.71. The lowest BCUT2D eigenvalue weighted by Crippen LogP contribution is -2.30. The van der Waals surface area contributed by atoms with Crippen molar-refractivity contribution >= 4 is 31.9 Å². The third-order valence-electron chi connectivity index (χ3n) is 3.32. The first-order valence-electron chi connectivity index (χ1n) is 6.31. The molecular weight excluding hydrogens is 282 g/mol. The molecule has 2 N–H and O–H groups in total. The smallest absolute Gasteiger partial charge is 0.183 e. The molecule has 1 aliphatic rings. The second-order valence-corrected chi connectivity index (χ2v) is 7.76. The molecule has 19 heavy (non-hydrogen) atoms. The van der Waals surface area contributed by atoms with Crippen LogP contribution in [0.15, 0.2) is 4.90 Å². The largest absolute Gasteiger partial charge is 0.396 e. The fraction of sp³-hybridized carbons (Fsp3) is 0.583. The van der Waals surface area contributed by atoms with E-state index in [-0.39, 0.29) is 16.3 Å². The zero-order chi connectivity index (χ0) is 14.0. The number of nitrogens with zero attached hydrogens (tertiary/aromatic N) is 2. The number of hydrogen-bond acceptors (Lipinski definition) is 6. The van der Waals surface area contributed by atoms with E-state index >= 15 is 0 Å². The summed E-state index contributed by atoms with van der Waals surface area (Å²) in [6.07, 6.45) is 3.26. The van der Waals surface area contributed by atoms with Crippen LogP contribution in [0.3, 0.4) is 0 Å². The van der Waals surface area contributed by atoms with Crippen LogP contribution < -0.4 is 10.6 Å². The van der Waals surface area contributed by atoms with Crippen molar-refractivity contribution in [3.8, 4) is 6.07 Å². The number of nitrogen functional groups attached to an aromatic ring is 1. The summed E-state index contributed by atoms with van der Waals surface area (Å²) in [5.74, 6) is -0.000355. The first-order valence-corrected chi connectivity index (χ1v) is 8.78. The van der Waals surface area contributed by atoms with E-state index in [0.29, 0.717) is 9.88 Å². The second kappa shape index (κ2) is 5.39. The Morgan fingerprint density at radius 2 is 2.00 bits per heavy atom. The first kappa shape index (κ1) is 14.2. The number of thiophene rings is 1. The van der Waals surface area contributed by atoms with Crippen molar-refractivity contribution in [1.82, 2.24) is 0 Å². The highest BCUT2D eigenvalue weighted by Crippen LogP contribution is 2.42. The van der Waals surface area contributed by atoms with Crippen molar-refractivity contribution in [2.24, 2.45) is 0 Å². The van der Waals surface area contributed by atoms with E-state index in [9.17, 15) is 8.42 Å². The van der Waals surface area contributed by atoms with Crippen molar-refractivity contribution in [2.45, 2.75) is 31.1 Å². The van der Waals surface area contributed by atoms with Gasteiger partial charge in [-0.05, 0) is 19.3 Å². The number of rotatable bonds is 3. The highest BCUT2D eigenvalue weighted by molar-refractivity contribution is 7.91. The molecule has 1 aliphatic heterocycles. The summed E-state index contributed by atoms with van der Waals surface area (Å²) >= 11 is 1.20. The molecule has 0 bridgehead atoms. The number of piperidine rings is 1. The molecule has 0 spiro atoms. The van der Waals surface area contributed by atoms with Crippen LogP contribution in [-0.2, 0) is 9.84 Å². The SMILES string of the molecule is CCS(=O)(=O)c1c(N2CCCCC2)sc(C#N)c1N. The Kier molecular flexibility index (Phi) is 4.02. The lowest BCUT2D eigenvalue weighted by Gasteiger charge is -2.28. The van der Waals surface area contributed by atoms with E-state index in [1.807, 2.05) is 11.0 Å². The molecule has 0 unspecified atom stereocenters. The van der Waals surface area contributed by atoms with Crippen molar-refractivity contribution in [3.05, 3.63) is 4.88 Å². The van der Waals surface area contributed by atoms with E-state index in [2.05, 4.69) is 0 Å². The molecule has 0 atom stereocenters. The summed E-state index contributed by atoms with van der Waals surface area (Å²) in [4.78, 5) is 2.51. The number of hydrogen-bond donors (Lipinski definition) is 1. The van der Waals surface area contributed by atoms with E-state index in [1.165, 1.54) is 17.8 Å². The van der Waals surface area contributed by atoms with Gasteiger partial charge in [-0.3, -0.25) is 0 Å². The van der Waals surface area contributed by atoms with Crippen LogP contribution >= 0.6 is 11.3 Å². The van der Waals surface area contributed by atoms with Gasteiger partial charge < -0.3 is 10.6 Å². The third-order valence-corrected chi connectivity index (χ3v) is 6.41. The molecular formula is C12H17N3O2S2. The highest BCUT2D eigenvalue weighted by atomic mass is 32.2. The molecule has 1 fully saturated rings. The Hall–Kier alpha value is -1.26. The van der Waals surface area contributed by atoms with Gasteiger partial charge in [-0.15, -0.1) is 11.3 Å². The van der Waals surface area contributed by atoms with Crippen LogP contribution in [0.1, 0.15) is 31.1 Å². The van der Waals surface area contributed by atoms with Crippen molar-refractivity contribution in [2.75, 3.05) is 29.5 Å². The zero-order valence-electron chi connectivity index (χ0n) is 10.8. The van der Waals surface area contributed by atoms with Crippen molar-refractivity contribution < 1.29 is 8.42 Å². The maximum Gasteiger partial charge on any atom is 0.183 e. The molecule has 2 heterocycles. The van der Waals surface area contributed by atoms with Crippen LogP contribution in [0.4, 0.5) is 10.7 Å². The Morgan fingerprint density at radius 3 is 2.53 bits per heavy atom. The van der Waals surface area contributed by atoms with Gasteiger partial charge in [0.1, 0.15) is 20.8 Å². The average molecular weight is 299 g/mol. The summed E-state index contributed by atoms with van der Waals surface area (Å²) in [5.41, 5.74) is 5.99. The molecule has 0 aromatic carbocycles. The lowest BCUT2D eigenvalue weighted by molar-refractivity contribution is 0.574. The topological polar surface area (TPSA) is 87.2 Å². The van der Waals surface area contributed by atoms with E-state index < -0.39 is 9.84 Å². The van der Waals surface area contributed by atoms with Gasteiger partial charge in [0.25, 0.3) is 0 Å². The maximum absolute atomic E-state index is 12.2. The summed E-state index contributed by atoms with van der Waals surface area (Å²) < 4.78 is 24.4. The number of nitriles is 1. The van der Waals surface area contributed by atoms with Gasteiger partial charge in [0.2, 0.25) is 0 Å². The maximum atomic E-state index is 12.2. The molecule has 1 saturated heterocycles. The normalized spacial score (nSPS) is 16.3. The standard InChI is InChI=1S/C12H17N3O2S2/c1-2-19(16,17)11-10(14)9(8-13)18-12(11)15-6-4-3-5-7-15/h2-7,14H2,1H3.